The van der Waals surface area contributed by atoms with Crippen molar-refractivity contribution in [3.8, 4) is 17.2 Å². The first kappa shape index (κ1) is 33.4. The van der Waals surface area contributed by atoms with Gasteiger partial charge in [0.25, 0.3) is 0 Å². The number of H-pyrrole nitrogens is 1. The molecular weight excluding hydrogens is 628 g/mol. The second-order valence-electron chi connectivity index (χ2n) is 13.3. The Morgan fingerprint density at radius 1 is 0.880 bits per heavy atom. The van der Waals surface area contributed by atoms with Gasteiger partial charge in [0, 0.05) is 51.2 Å². The summed E-state index contributed by atoms with van der Waals surface area (Å²) >= 11 is 0. The van der Waals surface area contributed by atoms with Crippen molar-refractivity contribution in [1.82, 2.24) is 24.8 Å². The fourth-order valence-electron chi connectivity index (χ4n) is 7.78. The van der Waals surface area contributed by atoms with E-state index >= 15 is 0 Å². The van der Waals surface area contributed by atoms with Gasteiger partial charge in [-0.05, 0) is 79.3 Å². The number of nitrogens with one attached hydrogen (secondary N) is 1. The number of benzene rings is 3. The predicted octanol–water partition coefficient (Wildman–Crippen LogP) is 6.22. The fraction of sp³-hybridized carbons (Fsp3) is 0.375. The third-order valence-electron chi connectivity index (χ3n) is 10.5. The Kier molecular flexibility index (Phi) is 9.89. The number of para-hydroxylation sites is 2. The minimum Gasteiger partial charge on any atom is -0.493 e. The number of amides is 1. The van der Waals surface area contributed by atoms with Crippen molar-refractivity contribution in [2.75, 3.05) is 52.4 Å². The quantitative estimate of drug-likeness (QED) is 0.158. The Hall–Kier alpha value is -5.09. The highest BCUT2D eigenvalue weighted by molar-refractivity contribution is 5.90. The average Bonchev–Trinajstić information content (AvgIpc) is 3.74. The lowest BCUT2D eigenvalue weighted by molar-refractivity contribution is -0.133. The van der Waals surface area contributed by atoms with E-state index in [4.69, 9.17) is 19.2 Å². The lowest BCUT2D eigenvalue weighted by atomic mass is 9.76. The SMILES string of the molecule is COc1cc(CN2CCC(CCN3CCC(N(Cc4cccnc4)c4nc5ccccc5[nH]4)CC3)(c3ccccc3)C2=O)cc(OC)c1OC. The van der Waals surface area contributed by atoms with Crippen molar-refractivity contribution in [3.05, 3.63) is 108 Å². The summed E-state index contributed by atoms with van der Waals surface area (Å²) in [5.41, 5.74) is 4.65. The van der Waals surface area contributed by atoms with Gasteiger partial charge >= 0.3 is 0 Å². The largest absolute Gasteiger partial charge is 0.493 e. The van der Waals surface area contributed by atoms with Crippen molar-refractivity contribution >= 4 is 22.9 Å². The van der Waals surface area contributed by atoms with E-state index in [1.165, 1.54) is 0 Å². The van der Waals surface area contributed by atoms with Gasteiger partial charge in [0.1, 0.15) is 0 Å². The van der Waals surface area contributed by atoms with E-state index in [1.54, 1.807) is 21.3 Å². The van der Waals surface area contributed by atoms with E-state index < -0.39 is 5.41 Å². The maximum absolute atomic E-state index is 14.5. The summed E-state index contributed by atoms with van der Waals surface area (Å²) in [5, 5.41) is 0. The lowest BCUT2D eigenvalue weighted by Gasteiger charge is -2.39. The summed E-state index contributed by atoms with van der Waals surface area (Å²) < 4.78 is 16.7. The average molecular weight is 675 g/mol. The van der Waals surface area contributed by atoms with Crippen LogP contribution in [0.5, 0.6) is 17.2 Å². The molecule has 0 aliphatic carbocycles. The number of carbonyl (C=O) groups is 1. The number of hydrogen-bond acceptors (Lipinski definition) is 8. The third kappa shape index (κ3) is 6.72. The molecular formula is C40H46N6O4. The van der Waals surface area contributed by atoms with Crippen LogP contribution in [0.4, 0.5) is 5.95 Å². The van der Waals surface area contributed by atoms with Crippen LogP contribution in [-0.4, -0.2) is 84.2 Å². The Bertz CT molecular complexity index is 1830. The van der Waals surface area contributed by atoms with Crippen molar-refractivity contribution in [2.24, 2.45) is 0 Å². The maximum atomic E-state index is 14.5. The monoisotopic (exact) mass is 674 g/mol. The number of carbonyl (C=O) groups excluding carboxylic acids is 1. The van der Waals surface area contributed by atoms with Gasteiger partial charge < -0.3 is 33.9 Å². The smallest absolute Gasteiger partial charge is 0.233 e. The number of imidazole rings is 1. The Balaban J connectivity index is 1.05. The number of ether oxygens (including phenoxy) is 3. The number of nitrogens with zero attached hydrogens (tertiary/aromatic N) is 5. The molecule has 7 rings (SSSR count). The zero-order valence-electron chi connectivity index (χ0n) is 29.2. The highest BCUT2D eigenvalue weighted by Gasteiger charge is 2.47. The molecule has 50 heavy (non-hydrogen) atoms. The molecule has 10 heteroatoms. The fourth-order valence-corrected chi connectivity index (χ4v) is 7.78. The van der Waals surface area contributed by atoms with Gasteiger partial charge in [-0.15, -0.1) is 0 Å². The number of fused-ring (bicyclic) bond motifs is 1. The zero-order chi connectivity index (χ0) is 34.5. The van der Waals surface area contributed by atoms with E-state index in [1.807, 2.05) is 65.8 Å². The molecule has 1 amide bonds. The van der Waals surface area contributed by atoms with Crippen molar-refractivity contribution in [3.63, 3.8) is 0 Å². The van der Waals surface area contributed by atoms with Crippen molar-refractivity contribution in [1.29, 1.82) is 0 Å². The number of aromatic nitrogens is 3. The molecule has 2 aromatic heterocycles. The maximum Gasteiger partial charge on any atom is 0.233 e. The number of aromatic amines is 1. The van der Waals surface area contributed by atoms with Crippen LogP contribution in [0.15, 0.2) is 91.3 Å². The van der Waals surface area contributed by atoms with Crippen molar-refractivity contribution < 1.29 is 19.0 Å². The molecule has 2 aliphatic rings. The number of anilines is 1. The van der Waals surface area contributed by atoms with Gasteiger partial charge in [0.15, 0.2) is 11.5 Å². The van der Waals surface area contributed by atoms with Gasteiger partial charge in [0.2, 0.25) is 17.6 Å². The van der Waals surface area contributed by atoms with Gasteiger partial charge in [-0.25, -0.2) is 4.98 Å². The molecule has 4 heterocycles. The van der Waals surface area contributed by atoms with E-state index in [0.29, 0.717) is 36.4 Å². The third-order valence-corrected chi connectivity index (χ3v) is 10.5. The second kappa shape index (κ2) is 14.8. The molecule has 2 fully saturated rings. The first-order valence-electron chi connectivity index (χ1n) is 17.5. The molecule has 2 saturated heterocycles. The Morgan fingerprint density at radius 2 is 1.62 bits per heavy atom. The van der Waals surface area contributed by atoms with Gasteiger partial charge in [-0.2, -0.15) is 0 Å². The molecule has 0 bridgehead atoms. The first-order valence-corrected chi connectivity index (χ1v) is 17.5. The molecule has 0 spiro atoms. The molecule has 1 atom stereocenters. The van der Waals surface area contributed by atoms with E-state index in [2.05, 4.69) is 50.1 Å². The van der Waals surface area contributed by atoms with Crippen LogP contribution < -0.4 is 19.1 Å². The van der Waals surface area contributed by atoms with Crippen LogP contribution in [0.2, 0.25) is 0 Å². The topological polar surface area (TPSA) is 96.1 Å². The van der Waals surface area contributed by atoms with E-state index in [9.17, 15) is 4.79 Å². The van der Waals surface area contributed by atoms with Gasteiger partial charge in [-0.1, -0.05) is 48.5 Å². The molecule has 1 unspecified atom stereocenters. The number of rotatable bonds is 13. The predicted molar refractivity (Wildman–Crippen MR) is 195 cm³/mol. The van der Waals surface area contributed by atoms with Gasteiger partial charge in [0.05, 0.1) is 37.8 Å². The van der Waals surface area contributed by atoms with Crippen LogP contribution >= 0.6 is 0 Å². The lowest BCUT2D eigenvalue weighted by Crippen LogP contribution is -2.47. The summed E-state index contributed by atoms with van der Waals surface area (Å²) in [4.78, 5) is 34.4. The Labute approximate surface area is 294 Å². The number of pyridine rings is 1. The number of piperidine rings is 1. The highest BCUT2D eigenvalue weighted by Crippen LogP contribution is 2.42. The number of likely N-dealkylation sites (tertiary alicyclic amines) is 2. The number of methoxy groups -OCH3 is 3. The Morgan fingerprint density at radius 3 is 2.30 bits per heavy atom. The highest BCUT2D eigenvalue weighted by atomic mass is 16.5. The standard InChI is InChI=1S/C40H46N6O4/c1-48-35-24-30(25-36(49-2)37(35)50-3)27-45-23-18-40(38(45)47,31-11-5-4-6-12-31)17-22-44-20-15-32(16-21-44)46(28-29-10-9-19-41-26-29)39-42-33-13-7-8-14-34(33)43-39/h4-14,19,24-26,32H,15-18,20-23,27-28H2,1-3H3,(H,42,43). The molecule has 5 aromatic rings. The van der Waals surface area contributed by atoms with E-state index in [0.717, 1.165) is 85.5 Å². The summed E-state index contributed by atoms with van der Waals surface area (Å²) in [7, 11) is 4.82. The first-order chi connectivity index (χ1) is 24.5. The van der Waals surface area contributed by atoms with Gasteiger partial charge in [-0.3, -0.25) is 9.78 Å². The zero-order valence-corrected chi connectivity index (χ0v) is 29.2. The summed E-state index contributed by atoms with van der Waals surface area (Å²) in [6.45, 7) is 4.69. The molecule has 2 aliphatic heterocycles. The normalized spacial score (nSPS) is 18.5. The van der Waals surface area contributed by atoms with Crippen LogP contribution in [-0.2, 0) is 23.3 Å². The van der Waals surface area contributed by atoms with Crippen LogP contribution in [0.3, 0.4) is 0 Å². The summed E-state index contributed by atoms with van der Waals surface area (Å²) in [6, 6.07) is 26.9. The summed E-state index contributed by atoms with van der Waals surface area (Å²) in [6.07, 6.45) is 7.33. The molecule has 260 valence electrons. The second-order valence-corrected chi connectivity index (χ2v) is 13.3. The molecule has 0 radical (unpaired) electrons. The van der Waals surface area contributed by atoms with E-state index in [-0.39, 0.29) is 5.91 Å². The molecule has 0 saturated carbocycles. The minimum absolute atomic E-state index is 0.180. The van der Waals surface area contributed by atoms with Crippen LogP contribution in [0.25, 0.3) is 11.0 Å². The van der Waals surface area contributed by atoms with Crippen LogP contribution in [0.1, 0.15) is 42.4 Å². The molecule has 10 nitrogen and oxygen atoms in total. The van der Waals surface area contributed by atoms with Crippen LogP contribution in [0, 0.1) is 0 Å². The molecule has 1 N–H and O–H groups in total. The van der Waals surface area contributed by atoms with Crippen molar-refractivity contribution in [2.45, 2.75) is 50.2 Å². The molecule has 3 aromatic carbocycles. The summed E-state index contributed by atoms with van der Waals surface area (Å²) in [5.74, 6) is 2.81. The minimum atomic E-state index is -0.570. The number of hydrogen-bond donors (Lipinski definition) is 1.